The van der Waals surface area contributed by atoms with Gasteiger partial charge in [-0.2, -0.15) is 0 Å². The van der Waals surface area contributed by atoms with Crippen molar-refractivity contribution in [3.8, 4) is 5.75 Å². The van der Waals surface area contributed by atoms with Crippen molar-refractivity contribution in [1.29, 1.82) is 0 Å². The lowest BCUT2D eigenvalue weighted by Gasteiger charge is -2.14. The Morgan fingerprint density at radius 2 is 2.00 bits per heavy atom. The standard InChI is InChI=1S/C12H15NO5/c1-13(17)12(16)10(15)7-9(14)8-5-3-4-6-11(8)18-2/h3-6,9,14,17H,7H2,1-2H3. The first-order valence-corrected chi connectivity index (χ1v) is 5.28. The van der Waals surface area contributed by atoms with Crippen LogP contribution >= 0.6 is 0 Å². The van der Waals surface area contributed by atoms with E-state index >= 15 is 0 Å². The summed E-state index contributed by atoms with van der Waals surface area (Å²) >= 11 is 0. The molecule has 0 aliphatic carbocycles. The Balaban J connectivity index is 2.79. The van der Waals surface area contributed by atoms with Crippen molar-refractivity contribution in [2.45, 2.75) is 12.5 Å². The minimum Gasteiger partial charge on any atom is -0.496 e. The van der Waals surface area contributed by atoms with Crippen LogP contribution < -0.4 is 4.74 Å². The highest BCUT2D eigenvalue weighted by molar-refractivity contribution is 6.35. The van der Waals surface area contributed by atoms with Gasteiger partial charge >= 0.3 is 5.91 Å². The van der Waals surface area contributed by atoms with Crippen LogP contribution in [0.3, 0.4) is 0 Å². The number of aliphatic hydroxyl groups excluding tert-OH is 1. The van der Waals surface area contributed by atoms with E-state index in [0.29, 0.717) is 11.3 Å². The maximum atomic E-state index is 11.4. The zero-order valence-corrected chi connectivity index (χ0v) is 10.2. The highest BCUT2D eigenvalue weighted by atomic mass is 16.5. The van der Waals surface area contributed by atoms with Gasteiger partial charge in [0.15, 0.2) is 0 Å². The van der Waals surface area contributed by atoms with Gasteiger partial charge in [-0.3, -0.25) is 14.8 Å². The molecule has 1 aromatic carbocycles. The summed E-state index contributed by atoms with van der Waals surface area (Å²) in [5, 5.41) is 18.9. The fourth-order valence-corrected chi connectivity index (χ4v) is 1.50. The van der Waals surface area contributed by atoms with Gasteiger partial charge in [0, 0.05) is 19.0 Å². The zero-order valence-electron chi connectivity index (χ0n) is 10.2. The molecule has 1 unspecified atom stereocenters. The van der Waals surface area contributed by atoms with Crippen LogP contribution in [0.15, 0.2) is 24.3 Å². The topological polar surface area (TPSA) is 87.1 Å². The third-order valence-corrected chi connectivity index (χ3v) is 2.41. The predicted octanol–water partition coefficient (Wildman–Crippen LogP) is 0.535. The van der Waals surface area contributed by atoms with Gasteiger partial charge in [-0.25, -0.2) is 5.06 Å². The summed E-state index contributed by atoms with van der Waals surface area (Å²) in [6.07, 6.45) is -1.57. The van der Waals surface area contributed by atoms with Crippen LogP contribution in [-0.2, 0) is 9.59 Å². The van der Waals surface area contributed by atoms with Gasteiger partial charge in [0.2, 0.25) is 5.78 Å². The number of benzene rings is 1. The molecule has 6 heteroatoms. The summed E-state index contributed by atoms with van der Waals surface area (Å²) in [5.74, 6) is -1.51. The van der Waals surface area contributed by atoms with E-state index in [1.807, 2.05) is 0 Å². The number of carbonyl (C=O) groups is 2. The molecule has 2 N–H and O–H groups in total. The summed E-state index contributed by atoms with van der Waals surface area (Å²) in [6.45, 7) is 0. The van der Waals surface area contributed by atoms with Gasteiger partial charge in [0.1, 0.15) is 5.75 Å². The molecule has 98 valence electrons. The predicted molar refractivity (Wildman–Crippen MR) is 62.1 cm³/mol. The molecule has 0 heterocycles. The number of carbonyl (C=O) groups excluding carboxylic acids is 2. The van der Waals surface area contributed by atoms with Crippen molar-refractivity contribution in [2.24, 2.45) is 0 Å². The molecular weight excluding hydrogens is 238 g/mol. The molecule has 0 aliphatic rings. The van der Waals surface area contributed by atoms with E-state index in [-0.39, 0.29) is 5.06 Å². The summed E-state index contributed by atoms with van der Waals surface area (Å²) in [4.78, 5) is 22.6. The number of para-hydroxylation sites is 1. The molecule has 1 amide bonds. The molecule has 1 atom stereocenters. The van der Waals surface area contributed by atoms with Gasteiger partial charge in [-0.15, -0.1) is 0 Å². The first kappa shape index (κ1) is 14.1. The summed E-state index contributed by atoms with van der Waals surface area (Å²) in [5.41, 5.74) is 0.418. The number of likely N-dealkylation sites (N-methyl/N-ethyl adjacent to an activating group) is 1. The van der Waals surface area contributed by atoms with E-state index in [4.69, 9.17) is 9.94 Å². The molecule has 0 fully saturated rings. The molecule has 0 saturated heterocycles. The number of ketones is 1. The van der Waals surface area contributed by atoms with E-state index < -0.39 is 24.2 Å². The highest BCUT2D eigenvalue weighted by Crippen LogP contribution is 2.26. The van der Waals surface area contributed by atoms with E-state index in [0.717, 1.165) is 7.05 Å². The largest absolute Gasteiger partial charge is 0.496 e. The number of Topliss-reactive ketones (excluding diaryl/α,β-unsaturated/α-hetero) is 1. The lowest BCUT2D eigenvalue weighted by atomic mass is 10.0. The molecule has 1 aromatic rings. The SMILES string of the molecule is COc1ccccc1C(O)CC(=O)C(=O)N(C)O. The van der Waals surface area contributed by atoms with Crippen LogP contribution in [0.2, 0.25) is 0 Å². The van der Waals surface area contributed by atoms with E-state index in [2.05, 4.69) is 0 Å². The number of hydrogen-bond donors (Lipinski definition) is 2. The number of methoxy groups -OCH3 is 1. The first-order valence-electron chi connectivity index (χ1n) is 5.28. The fraction of sp³-hybridized carbons (Fsp3) is 0.333. The number of aliphatic hydroxyl groups is 1. The number of amides is 1. The van der Waals surface area contributed by atoms with Crippen molar-refractivity contribution in [3.63, 3.8) is 0 Å². The second-order valence-corrected chi connectivity index (χ2v) is 3.71. The quantitative estimate of drug-likeness (QED) is 0.454. The van der Waals surface area contributed by atoms with Crippen LogP contribution in [-0.4, -0.2) is 41.2 Å². The monoisotopic (exact) mass is 253 g/mol. The van der Waals surface area contributed by atoms with Crippen molar-refractivity contribution >= 4 is 11.7 Å². The number of ether oxygens (including phenoxy) is 1. The van der Waals surface area contributed by atoms with E-state index in [1.165, 1.54) is 7.11 Å². The Morgan fingerprint density at radius 3 is 2.56 bits per heavy atom. The van der Waals surface area contributed by atoms with Crippen LogP contribution in [0.4, 0.5) is 0 Å². The summed E-state index contributed by atoms with van der Waals surface area (Å²) < 4.78 is 5.04. The average molecular weight is 253 g/mol. The van der Waals surface area contributed by atoms with Gasteiger partial charge in [0.05, 0.1) is 13.2 Å². The van der Waals surface area contributed by atoms with Gasteiger partial charge in [-0.05, 0) is 6.07 Å². The van der Waals surface area contributed by atoms with E-state index in [9.17, 15) is 14.7 Å². The van der Waals surface area contributed by atoms with Crippen molar-refractivity contribution in [2.75, 3.05) is 14.2 Å². The number of hydrogen-bond acceptors (Lipinski definition) is 5. The average Bonchev–Trinajstić information content (AvgIpc) is 2.37. The molecule has 0 aliphatic heterocycles. The van der Waals surface area contributed by atoms with Gasteiger partial charge in [-0.1, -0.05) is 18.2 Å². The van der Waals surface area contributed by atoms with Crippen molar-refractivity contribution in [1.82, 2.24) is 5.06 Å². The first-order chi connectivity index (χ1) is 8.47. The Hall–Kier alpha value is -1.92. The number of hydroxylamine groups is 2. The molecule has 6 nitrogen and oxygen atoms in total. The Morgan fingerprint density at radius 1 is 1.39 bits per heavy atom. The normalized spacial score (nSPS) is 11.8. The maximum Gasteiger partial charge on any atom is 0.313 e. The van der Waals surface area contributed by atoms with Gasteiger partial charge in [0.25, 0.3) is 0 Å². The molecule has 0 aromatic heterocycles. The molecule has 18 heavy (non-hydrogen) atoms. The Kier molecular flexibility index (Phi) is 4.82. The minimum absolute atomic E-state index is 0.192. The second-order valence-electron chi connectivity index (χ2n) is 3.71. The molecule has 0 spiro atoms. The number of rotatable bonds is 5. The highest BCUT2D eigenvalue weighted by Gasteiger charge is 2.23. The third kappa shape index (κ3) is 3.28. The molecular formula is C12H15NO5. The van der Waals surface area contributed by atoms with Crippen LogP contribution in [0.5, 0.6) is 5.75 Å². The molecule has 1 rings (SSSR count). The van der Waals surface area contributed by atoms with Crippen molar-refractivity contribution in [3.05, 3.63) is 29.8 Å². The smallest absolute Gasteiger partial charge is 0.313 e. The van der Waals surface area contributed by atoms with E-state index in [1.54, 1.807) is 24.3 Å². The van der Waals surface area contributed by atoms with Gasteiger partial charge < -0.3 is 9.84 Å². The summed E-state index contributed by atoms with van der Waals surface area (Å²) in [7, 11) is 2.50. The van der Waals surface area contributed by atoms with Crippen LogP contribution in [0.25, 0.3) is 0 Å². The van der Waals surface area contributed by atoms with Crippen LogP contribution in [0.1, 0.15) is 18.1 Å². The lowest BCUT2D eigenvalue weighted by Crippen LogP contribution is -2.31. The third-order valence-electron chi connectivity index (χ3n) is 2.41. The molecule has 0 saturated carbocycles. The minimum atomic E-state index is -1.16. The molecule has 0 bridgehead atoms. The zero-order chi connectivity index (χ0) is 13.7. The maximum absolute atomic E-state index is 11.4. The van der Waals surface area contributed by atoms with Crippen molar-refractivity contribution < 1.29 is 24.6 Å². The molecule has 0 radical (unpaired) electrons. The second kappa shape index (κ2) is 6.13. The van der Waals surface area contributed by atoms with Crippen LogP contribution in [0, 0.1) is 0 Å². The fourth-order valence-electron chi connectivity index (χ4n) is 1.50. The lowest BCUT2D eigenvalue weighted by molar-refractivity contribution is -0.166. The summed E-state index contributed by atoms with van der Waals surface area (Å²) in [6, 6.07) is 6.65. The number of nitrogens with zero attached hydrogens (tertiary/aromatic N) is 1. The Labute approximate surface area is 104 Å². The Bertz CT molecular complexity index is 444.